The lowest BCUT2D eigenvalue weighted by Crippen LogP contribution is -2.60. The molecule has 1 fully saturated rings. The Labute approximate surface area is 157 Å². The molecule has 11 heteroatoms. The third-order valence-electron chi connectivity index (χ3n) is 3.99. The van der Waals surface area contributed by atoms with Crippen molar-refractivity contribution in [2.45, 2.75) is 26.3 Å². The molecule has 1 aliphatic rings. The van der Waals surface area contributed by atoms with Crippen molar-refractivity contribution in [1.29, 1.82) is 0 Å². The molecular weight excluding hydrogens is 362 g/mol. The van der Waals surface area contributed by atoms with Gasteiger partial charge in [0.2, 0.25) is 0 Å². The Morgan fingerprint density at radius 1 is 0.778 bits per heavy atom. The van der Waals surface area contributed by atoms with Crippen molar-refractivity contribution in [2.75, 3.05) is 52.4 Å². The molecule has 0 aromatic carbocycles. The maximum absolute atomic E-state index is 11.1. The third kappa shape index (κ3) is 9.31. The van der Waals surface area contributed by atoms with E-state index in [-0.39, 0.29) is 39.3 Å². The molecule has 1 heterocycles. The molecule has 0 aliphatic carbocycles. The van der Waals surface area contributed by atoms with Crippen LogP contribution in [-0.4, -0.2) is 117 Å². The largest absolute Gasteiger partial charge is 0.480 e. The van der Waals surface area contributed by atoms with Crippen LogP contribution in [0.25, 0.3) is 0 Å². The van der Waals surface area contributed by atoms with Crippen LogP contribution >= 0.6 is 0 Å². The standard InChI is InChI=1S/C14H23N3O8.C2H6/c1-14(17(6-12(22)23)7-13(24)25)8-15(4-10(18)19)2-3-16(9-14)5-11(20)21;1-2/h2-9H2,1H3,(H,18,19)(H,20,21)(H,22,23)(H,24,25);1-2H3. The first-order valence-corrected chi connectivity index (χ1v) is 8.59. The van der Waals surface area contributed by atoms with Crippen molar-refractivity contribution < 1.29 is 39.6 Å². The quantitative estimate of drug-likeness (QED) is 0.383. The summed E-state index contributed by atoms with van der Waals surface area (Å²) in [6, 6.07) is 0. The lowest BCUT2D eigenvalue weighted by molar-refractivity contribution is -0.147. The first kappa shape index (κ1) is 24.8. The number of hydrogen-bond donors (Lipinski definition) is 4. The number of carboxylic acids is 4. The van der Waals surface area contributed by atoms with Gasteiger partial charge in [-0.2, -0.15) is 0 Å². The number of hydrogen-bond acceptors (Lipinski definition) is 7. The van der Waals surface area contributed by atoms with Crippen LogP contribution in [0.15, 0.2) is 0 Å². The monoisotopic (exact) mass is 391 g/mol. The summed E-state index contributed by atoms with van der Waals surface area (Å²) in [5, 5.41) is 36.2. The fourth-order valence-electron chi connectivity index (χ4n) is 3.07. The molecule has 0 saturated carbocycles. The summed E-state index contributed by atoms with van der Waals surface area (Å²) in [6.45, 7) is 4.69. The van der Waals surface area contributed by atoms with Crippen molar-refractivity contribution >= 4 is 23.9 Å². The smallest absolute Gasteiger partial charge is 0.317 e. The van der Waals surface area contributed by atoms with E-state index in [0.29, 0.717) is 0 Å². The van der Waals surface area contributed by atoms with Crippen molar-refractivity contribution in [2.24, 2.45) is 0 Å². The summed E-state index contributed by atoms with van der Waals surface area (Å²) in [4.78, 5) is 48.7. The summed E-state index contributed by atoms with van der Waals surface area (Å²) in [5.41, 5.74) is -1.04. The van der Waals surface area contributed by atoms with Gasteiger partial charge >= 0.3 is 23.9 Å². The molecule has 1 saturated heterocycles. The van der Waals surface area contributed by atoms with Crippen LogP contribution in [0.1, 0.15) is 20.8 Å². The normalized spacial score (nSPS) is 17.5. The minimum Gasteiger partial charge on any atom is -0.480 e. The van der Waals surface area contributed by atoms with E-state index >= 15 is 0 Å². The molecule has 0 radical (unpaired) electrons. The zero-order chi connectivity index (χ0) is 21.2. The molecule has 0 bridgehead atoms. The first-order valence-electron chi connectivity index (χ1n) is 8.59. The second-order valence-electron chi connectivity index (χ2n) is 6.35. The van der Waals surface area contributed by atoms with Crippen molar-refractivity contribution in [1.82, 2.24) is 14.7 Å². The fourth-order valence-corrected chi connectivity index (χ4v) is 3.07. The molecule has 1 aliphatic heterocycles. The van der Waals surface area contributed by atoms with Gasteiger partial charge in [0.1, 0.15) is 0 Å². The predicted molar refractivity (Wildman–Crippen MR) is 94.7 cm³/mol. The summed E-state index contributed by atoms with van der Waals surface area (Å²) in [5.74, 6) is -4.59. The van der Waals surface area contributed by atoms with Gasteiger partial charge in [-0.05, 0) is 6.92 Å². The zero-order valence-corrected chi connectivity index (χ0v) is 15.9. The molecular formula is C16H29N3O8. The summed E-state index contributed by atoms with van der Waals surface area (Å²) >= 11 is 0. The summed E-state index contributed by atoms with van der Waals surface area (Å²) in [7, 11) is 0. The van der Waals surface area contributed by atoms with Gasteiger partial charge in [0.15, 0.2) is 0 Å². The topological polar surface area (TPSA) is 159 Å². The number of carbonyl (C=O) groups is 4. The van der Waals surface area contributed by atoms with Gasteiger partial charge in [-0.15, -0.1) is 0 Å². The van der Waals surface area contributed by atoms with Crippen molar-refractivity contribution in [3.63, 3.8) is 0 Å². The highest BCUT2D eigenvalue weighted by molar-refractivity contribution is 5.73. The van der Waals surface area contributed by atoms with E-state index < -0.39 is 42.5 Å². The van der Waals surface area contributed by atoms with Crippen LogP contribution in [-0.2, 0) is 19.2 Å². The predicted octanol–water partition coefficient (Wildman–Crippen LogP) is -0.971. The Bertz CT molecular complexity index is 498. The Hall–Kier alpha value is -2.24. The number of carboxylic acid groups (broad SMARTS) is 4. The molecule has 0 atom stereocenters. The highest BCUT2D eigenvalue weighted by Gasteiger charge is 2.40. The van der Waals surface area contributed by atoms with Gasteiger partial charge in [-0.3, -0.25) is 33.9 Å². The maximum Gasteiger partial charge on any atom is 0.317 e. The highest BCUT2D eigenvalue weighted by Crippen LogP contribution is 2.21. The summed E-state index contributed by atoms with van der Waals surface area (Å²) < 4.78 is 0. The Morgan fingerprint density at radius 3 is 1.37 bits per heavy atom. The van der Waals surface area contributed by atoms with E-state index in [1.807, 2.05) is 13.8 Å². The van der Waals surface area contributed by atoms with Gasteiger partial charge in [-0.25, -0.2) is 0 Å². The molecule has 0 aromatic heterocycles. The fraction of sp³-hybridized carbons (Fsp3) is 0.750. The first-order chi connectivity index (χ1) is 12.5. The average molecular weight is 391 g/mol. The van der Waals surface area contributed by atoms with Gasteiger partial charge in [0, 0.05) is 31.7 Å². The molecule has 4 N–H and O–H groups in total. The van der Waals surface area contributed by atoms with E-state index in [1.54, 1.807) is 16.7 Å². The molecule has 0 spiro atoms. The Morgan fingerprint density at radius 2 is 1.11 bits per heavy atom. The van der Waals surface area contributed by atoms with Gasteiger partial charge in [0.05, 0.1) is 26.2 Å². The molecule has 0 unspecified atom stereocenters. The van der Waals surface area contributed by atoms with E-state index in [0.717, 1.165) is 0 Å². The molecule has 156 valence electrons. The van der Waals surface area contributed by atoms with Crippen LogP contribution < -0.4 is 0 Å². The van der Waals surface area contributed by atoms with Crippen LogP contribution in [0.2, 0.25) is 0 Å². The van der Waals surface area contributed by atoms with Crippen LogP contribution in [0.3, 0.4) is 0 Å². The average Bonchev–Trinajstić information content (AvgIpc) is 2.66. The molecule has 0 amide bonds. The SMILES string of the molecule is CC.CC1(N(CC(=O)O)CC(=O)O)CN(CC(=O)O)CCN(CC(=O)O)C1. The lowest BCUT2D eigenvalue weighted by atomic mass is 9.98. The Kier molecular flexibility index (Phi) is 10.5. The van der Waals surface area contributed by atoms with Crippen molar-refractivity contribution in [3.05, 3.63) is 0 Å². The van der Waals surface area contributed by atoms with E-state index in [4.69, 9.17) is 20.4 Å². The van der Waals surface area contributed by atoms with Crippen LogP contribution in [0, 0.1) is 0 Å². The molecule has 11 nitrogen and oxygen atoms in total. The molecule has 1 rings (SSSR count). The number of rotatable bonds is 9. The Balaban J connectivity index is 0.00000326. The second kappa shape index (κ2) is 11.5. The lowest BCUT2D eigenvalue weighted by Gasteiger charge is -2.42. The third-order valence-corrected chi connectivity index (χ3v) is 3.99. The van der Waals surface area contributed by atoms with Crippen LogP contribution in [0.4, 0.5) is 0 Å². The number of nitrogens with zero attached hydrogens (tertiary/aromatic N) is 3. The van der Waals surface area contributed by atoms with Gasteiger partial charge in [-0.1, -0.05) is 13.8 Å². The zero-order valence-electron chi connectivity index (χ0n) is 15.9. The summed E-state index contributed by atoms with van der Waals surface area (Å²) in [6.07, 6.45) is 0. The number of aliphatic carboxylic acids is 4. The highest BCUT2D eigenvalue weighted by atomic mass is 16.4. The maximum atomic E-state index is 11.1. The van der Waals surface area contributed by atoms with Gasteiger partial charge < -0.3 is 20.4 Å². The minimum atomic E-state index is -1.22. The van der Waals surface area contributed by atoms with Crippen molar-refractivity contribution in [3.8, 4) is 0 Å². The second-order valence-corrected chi connectivity index (χ2v) is 6.35. The van der Waals surface area contributed by atoms with E-state index in [2.05, 4.69) is 0 Å². The van der Waals surface area contributed by atoms with E-state index in [9.17, 15) is 19.2 Å². The molecule has 27 heavy (non-hydrogen) atoms. The van der Waals surface area contributed by atoms with Gasteiger partial charge in [0.25, 0.3) is 0 Å². The van der Waals surface area contributed by atoms with Crippen LogP contribution in [0.5, 0.6) is 0 Å². The minimum absolute atomic E-state index is 0.107. The van der Waals surface area contributed by atoms with E-state index in [1.165, 1.54) is 4.90 Å². The molecule has 0 aromatic rings.